The van der Waals surface area contributed by atoms with Crippen molar-refractivity contribution in [3.05, 3.63) is 70.8 Å². The van der Waals surface area contributed by atoms with Crippen LogP contribution in [0.25, 0.3) is 6.08 Å². The fourth-order valence-corrected chi connectivity index (χ4v) is 2.27. The summed E-state index contributed by atoms with van der Waals surface area (Å²) >= 11 is 0. The van der Waals surface area contributed by atoms with Crippen molar-refractivity contribution in [2.24, 2.45) is 0 Å². The lowest BCUT2D eigenvalue weighted by molar-refractivity contribution is 0.104. The maximum Gasteiger partial charge on any atom is 0.189 e. The van der Waals surface area contributed by atoms with Crippen LogP contribution in [-0.4, -0.2) is 10.9 Å². The number of benzene rings is 2. The molecule has 2 nitrogen and oxygen atoms in total. The van der Waals surface area contributed by atoms with Crippen LogP contribution in [0.1, 0.15) is 21.5 Å². The smallest absolute Gasteiger partial charge is 0.189 e. The Hall–Kier alpha value is -2.35. The van der Waals surface area contributed by atoms with Gasteiger partial charge in [0.25, 0.3) is 0 Å². The van der Waals surface area contributed by atoms with Crippen molar-refractivity contribution < 1.29 is 9.90 Å². The maximum absolute atomic E-state index is 12.2. The lowest BCUT2D eigenvalue weighted by atomic mass is 10.1. The van der Waals surface area contributed by atoms with Gasteiger partial charge in [-0.05, 0) is 17.7 Å². The van der Waals surface area contributed by atoms with E-state index in [2.05, 4.69) is 0 Å². The molecule has 0 heterocycles. The Kier molecular flexibility index (Phi) is 2.49. The number of phenols is 1. The molecule has 3 rings (SSSR count). The van der Waals surface area contributed by atoms with E-state index in [-0.39, 0.29) is 11.5 Å². The summed E-state index contributed by atoms with van der Waals surface area (Å²) in [5.74, 6) is 0.266. The molecular weight excluding hydrogens is 224 g/mol. The molecule has 0 aliphatic heterocycles. The van der Waals surface area contributed by atoms with Crippen molar-refractivity contribution in [1.82, 2.24) is 0 Å². The van der Waals surface area contributed by atoms with E-state index in [4.69, 9.17) is 0 Å². The standard InChI is InChI=1S/C16H12O2/c17-15-8-4-2-6-12(15)10-13-9-11-5-1-3-7-14(11)16(13)18/h1-8,10,17H,9H2. The number of Topliss-reactive ketones (excluding diaryl/α,β-unsaturated/α-hetero) is 1. The third kappa shape index (κ3) is 1.72. The molecule has 0 radical (unpaired) electrons. The third-order valence-corrected chi connectivity index (χ3v) is 3.20. The SMILES string of the molecule is O=C1C(=Cc2ccccc2O)Cc2ccccc21. The van der Waals surface area contributed by atoms with E-state index < -0.39 is 0 Å². The van der Waals surface area contributed by atoms with Crippen molar-refractivity contribution in [3.63, 3.8) is 0 Å². The minimum absolute atomic E-state index is 0.0638. The first kappa shape index (κ1) is 10.8. The van der Waals surface area contributed by atoms with Gasteiger partial charge < -0.3 is 5.11 Å². The number of aromatic hydroxyl groups is 1. The molecule has 2 aromatic carbocycles. The number of carbonyl (C=O) groups excluding carboxylic acids is 1. The zero-order valence-corrected chi connectivity index (χ0v) is 9.76. The number of carbonyl (C=O) groups is 1. The van der Waals surface area contributed by atoms with Gasteiger partial charge in [0, 0.05) is 23.1 Å². The average Bonchev–Trinajstić information content (AvgIpc) is 2.70. The predicted molar refractivity (Wildman–Crippen MR) is 70.6 cm³/mol. The number of hydrogen-bond acceptors (Lipinski definition) is 2. The molecule has 1 aliphatic carbocycles. The summed E-state index contributed by atoms with van der Waals surface area (Å²) in [4.78, 5) is 12.2. The highest BCUT2D eigenvalue weighted by Crippen LogP contribution is 2.29. The summed E-state index contributed by atoms with van der Waals surface area (Å²) in [6, 6.07) is 14.7. The summed E-state index contributed by atoms with van der Waals surface area (Å²) < 4.78 is 0. The molecule has 0 aromatic heterocycles. The molecular formula is C16H12O2. The van der Waals surface area contributed by atoms with Crippen molar-refractivity contribution >= 4 is 11.9 Å². The van der Waals surface area contributed by atoms with E-state index in [1.807, 2.05) is 30.3 Å². The van der Waals surface area contributed by atoms with Gasteiger partial charge in [-0.15, -0.1) is 0 Å². The quantitative estimate of drug-likeness (QED) is 0.772. The lowest BCUT2D eigenvalue weighted by Crippen LogP contribution is -1.94. The Morgan fingerprint density at radius 1 is 1.00 bits per heavy atom. The van der Waals surface area contributed by atoms with Gasteiger partial charge in [-0.1, -0.05) is 42.5 Å². The van der Waals surface area contributed by atoms with Crippen molar-refractivity contribution in [2.75, 3.05) is 0 Å². The number of phenolic OH excluding ortho intramolecular Hbond substituents is 1. The van der Waals surface area contributed by atoms with E-state index >= 15 is 0 Å². The largest absolute Gasteiger partial charge is 0.507 e. The minimum atomic E-state index is 0.0638. The van der Waals surface area contributed by atoms with E-state index in [9.17, 15) is 9.90 Å². The highest BCUT2D eigenvalue weighted by atomic mass is 16.3. The molecule has 1 N–H and O–H groups in total. The highest BCUT2D eigenvalue weighted by Gasteiger charge is 2.24. The molecule has 0 saturated carbocycles. The first-order chi connectivity index (χ1) is 8.75. The third-order valence-electron chi connectivity index (χ3n) is 3.20. The highest BCUT2D eigenvalue weighted by molar-refractivity contribution is 6.15. The summed E-state index contributed by atoms with van der Waals surface area (Å²) in [5, 5.41) is 9.72. The van der Waals surface area contributed by atoms with E-state index in [0.717, 1.165) is 16.7 Å². The second-order valence-electron chi connectivity index (χ2n) is 4.39. The molecule has 1 aliphatic rings. The molecule has 0 unspecified atom stereocenters. The van der Waals surface area contributed by atoms with Crippen LogP contribution in [0.5, 0.6) is 5.75 Å². The Bertz CT molecular complexity index is 654. The van der Waals surface area contributed by atoms with E-state index in [0.29, 0.717) is 12.0 Å². The molecule has 0 bridgehead atoms. The lowest BCUT2D eigenvalue weighted by Gasteiger charge is -1.99. The first-order valence-electron chi connectivity index (χ1n) is 5.87. The Balaban J connectivity index is 2.02. The van der Waals surface area contributed by atoms with Gasteiger partial charge in [0.15, 0.2) is 5.78 Å². The van der Waals surface area contributed by atoms with Gasteiger partial charge in [-0.2, -0.15) is 0 Å². The Morgan fingerprint density at radius 2 is 1.72 bits per heavy atom. The monoisotopic (exact) mass is 236 g/mol. The summed E-state index contributed by atoms with van der Waals surface area (Å²) in [6.07, 6.45) is 2.42. The number of ketones is 1. The Labute approximate surface area is 105 Å². The number of hydrogen-bond donors (Lipinski definition) is 1. The maximum atomic E-state index is 12.2. The van der Waals surface area contributed by atoms with Crippen LogP contribution >= 0.6 is 0 Å². The minimum Gasteiger partial charge on any atom is -0.507 e. The fourth-order valence-electron chi connectivity index (χ4n) is 2.27. The molecule has 2 heteroatoms. The van der Waals surface area contributed by atoms with Gasteiger partial charge in [0.2, 0.25) is 0 Å². The zero-order valence-electron chi connectivity index (χ0n) is 9.76. The first-order valence-corrected chi connectivity index (χ1v) is 5.87. The molecule has 0 fully saturated rings. The number of rotatable bonds is 1. The summed E-state index contributed by atoms with van der Waals surface area (Å²) in [5.41, 5.74) is 3.26. The Morgan fingerprint density at radius 3 is 2.50 bits per heavy atom. The average molecular weight is 236 g/mol. The van der Waals surface area contributed by atoms with Crippen LogP contribution < -0.4 is 0 Å². The molecule has 0 saturated heterocycles. The molecule has 0 spiro atoms. The van der Waals surface area contributed by atoms with Crippen LogP contribution in [0.15, 0.2) is 54.1 Å². The van der Waals surface area contributed by atoms with Crippen molar-refractivity contribution in [3.8, 4) is 5.75 Å². The van der Waals surface area contributed by atoms with Crippen LogP contribution in [0.4, 0.5) is 0 Å². The van der Waals surface area contributed by atoms with Gasteiger partial charge in [0.05, 0.1) is 0 Å². The molecule has 18 heavy (non-hydrogen) atoms. The molecule has 0 amide bonds. The number of allylic oxidation sites excluding steroid dienone is 1. The topological polar surface area (TPSA) is 37.3 Å². The van der Waals surface area contributed by atoms with Gasteiger partial charge in [0.1, 0.15) is 5.75 Å². The van der Waals surface area contributed by atoms with Gasteiger partial charge in [-0.3, -0.25) is 4.79 Å². The second-order valence-corrected chi connectivity index (χ2v) is 4.39. The predicted octanol–water partition coefficient (Wildman–Crippen LogP) is 3.21. The molecule has 0 atom stereocenters. The molecule has 88 valence electrons. The normalized spacial score (nSPS) is 16.0. The van der Waals surface area contributed by atoms with Crippen LogP contribution in [0.3, 0.4) is 0 Å². The van der Waals surface area contributed by atoms with Crippen LogP contribution in [-0.2, 0) is 6.42 Å². The van der Waals surface area contributed by atoms with Crippen LogP contribution in [0, 0.1) is 0 Å². The van der Waals surface area contributed by atoms with E-state index in [1.165, 1.54) is 0 Å². The second kappa shape index (κ2) is 4.15. The number of para-hydroxylation sites is 1. The zero-order chi connectivity index (χ0) is 12.5. The molecule has 2 aromatic rings. The van der Waals surface area contributed by atoms with Crippen LogP contribution in [0.2, 0.25) is 0 Å². The van der Waals surface area contributed by atoms with Gasteiger partial charge >= 0.3 is 0 Å². The fraction of sp³-hybridized carbons (Fsp3) is 0.0625. The summed E-state index contributed by atoms with van der Waals surface area (Å²) in [6.45, 7) is 0. The summed E-state index contributed by atoms with van der Waals surface area (Å²) in [7, 11) is 0. The van der Waals surface area contributed by atoms with Crippen molar-refractivity contribution in [1.29, 1.82) is 0 Å². The number of fused-ring (bicyclic) bond motifs is 1. The van der Waals surface area contributed by atoms with Crippen molar-refractivity contribution in [2.45, 2.75) is 6.42 Å². The van der Waals surface area contributed by atoms with E-state index in [1.54, 1.807) is 24.3 Å². The van der Waals surface area contributed by atoms with Gasteiger partial charge in [-0.25, -0.2) is 0 Å².